The Labute approximate surface area is 101 Å². The first kappa shape index (κ1) is 11.0. The minimum atomic E-state index is -0.103. The quantitative estimate of drug-likeness (QED) is 0.532. The molecule has 0 radical (unpaired) electrons. The molecular formula is C13H17NO3. The van der Waals surface area contributed by atoms with Crippen molar-refractivity contribution in [1.82, 2.24) is 4.90 Å². The van der Waals surface area contributed by atoms with Crippen LogP contribution in [0.1, 0.15) is 25.7 Å². The van der Waals surface area contributed by atoms with Crippen LogP contribution in [-0.4, -0.2) is 36.0 Å². The van der Waals surface area contributed by atoms with Crippen LogP contribution in [0.3, 0.4) is 0 Å². The highest BCUT2D eigenvalue weighted by molar-refractivity contribution is 6.05. The molecule has 1 aliphatic carbocycles. The van der Waals surface area contributed by atoms with E-state index in [1.54, 1.807) is 0 Å². The summed E-state index contributed by atoms with van der Waals surface area (Å²) in [7, 11) is 0. The zero-order valence-corrected chi connectivity index (χ0v) is 9.80. The largest absolute Gasteiger partial charge is 0.376 e. The number of carbonyl (C=O) groups excluding carboxylic acids is 2. The van der Waals surface area contributed by atoms with Crippen molar-refractivity contribution in [2.75, 3.05) is 13.2 Å². The molecule has 0 aromatic rings. The minimum Gasteiger partial charge on any atom is -0.376 e. The molecule has 92 valence electrons. The second-order valence-electron chi connectivity index (χ2n) is 5.08. The molecule has 2 heterocycles. The number of allylic oxidation sites excluding steroid dienone is 2. The number of ether oxygens (including phenoxy) is 1. The summed E-state index contributed by atoms with van der Waals surface area (Å²) in [5.41, 5.74) is 0. The highest BCUT2D eigenvalue weighted by Crippen LogP contribution is 2.35. The first-order chi connectivity index (χ1) is 8.27. The molecule has 0 spiro atoms. The Morgan fingerprint density at radius 2 is 1.82 bits per heavy atom. The molecule has 2 amide bonds. The van der Waals surface area contributed by atoms with Gasteiger partial charge in [0.2, 0.25) is 11.8 Å². The molecule has 0 aromatic carbocycles. The molecule has 0 unspecified atom stereocenters. The van der Waals surface area contributed by atoms with Crippen molar-refractivity contribution in [2.45, 2.75) is 31.8 Å². The fourth-order valence-corrected chi connectivity index (χ4v) is 3.04. The van der Waals surface area contributed by atoms with Crippen LogP contribution >= 0.6 is 0 Å². The number of amides is 2. The summed E-state index contributed by atoms with van der Waals surface area (Å²) in [5, 5.41) is 0. The van der Waals surface area contributed by atoms with E-state index >= 15 is 0 Å². The predicted octanol–water partition coefficient (Wildman–Crippen LogP) is 1.12. The minimum absolute atomic E-state index is 0.0138. The van der Waals surface area contributed by atoms with E-state index in [0.717, 1.165) is 32.3 Å². The second kappa shape index (κ2) is 4.26. The molecule has 3 aliphatic rings. The van der Waals surface area contributed by atoms with Crippen molar-refractivity contribution < 1.29 is 14.3 Å². The molecule has 2 aliphatic heterocycles. The van der Waals surface area contributed by atoms with Crippen LogP contribution in [0.5, 0.6) is 0 Å². The first-order valence-electron chi connectivity index (χ1n) is 6.39. The zero-order valence-electron chi connectivity index (χ0n) is 9.80. The van der Waals surface area contributed by atoms with E-state index < -0.39 is 0 Å². The summed E-state index contributed by atoms with van der Waals surface area (Å²) in [6.45, 7) is 1.22. The highest BCUT2D eigenvalue weighted by atomic mass is 16.5. The molecule has 2 fully saturated rings. The molecule has 4 heteroatoms. The average Bonchev–Trinajstić information content (AvgIpc) is 2.94. The van der Waals surface area contributed by atoms with Gasteiger partial charge < -0.3 is 4.74 Å². The Morgan fingerprint density at radius 3 is 2.35 bits per heavy atom. The second-order valence-corrected chi connectivity index (χ2v) is 5.08. The van der Waals surface area contributed by atoms with Crippen LogP contribution in [0, 0.1) is 11.8 Å². The number of carbonyl (C=O) groups is 2. The highest BCUT2D eigenvalue weighted by Gasteiger charge is 2.47. The van der Waals surface area contributed by atoms with Crippen LogP contribution in [0.25, 0.3) is 0 Å². The standard InChI is InChI=1S/C13H17NO3/c15-12-10-5-1-2-6-11(10)13(16)14(12)8-9-4-3-7-17-9/h1-2,9-11H,3-8H2/t9-,10-,11-/m0/s1. The van der Waals surface area contributed by atoms with Crippen LogP contribution in [0.4, 0.5) is 0 Å². The Morgan fingerprint density at radius 1 is 1.18 bits per heavy atom. The van der Waals surface area contributed by atoms with Gasteiger partial charge in [-0.2, -0.15) is 0 Å². The number of rotatable bonds is 2. The van der Waals surface area contributed by atoms with E-state index in [9.17, 15) is 9.59 Å². The van der Waals surface area contributed by atoms with Gasteiger partial charge >= 0.3 is 0 Å². The Kier molecular flexibility index (Phi) is 2.74. The number of hydrogen-bond donors (Lipinski definition) is 0. The molecule has 2 saturated heterocycles. The summed E-state index contributed by atoms with van der Waals surface area (Å²) < 4.78 is 5.50. The van der Waals surface area contributed by atoms with Gasteiger partial charge in [0, 0.05) is 6.61 Å². The maximum absolute atomic E-state index is 12.2. The summed E-state index contributed by atoms with van der Waals surface area (Å²) in [6, 6.07) is 0. The van der Waals surface area contributed by atoms with Crippen molar-refractivity contribution >= 4 is 11.8 Å². The number of nitrogens with zero attached hydrogens (tertiary/aromatic N) is 1. The molecular weight excluding hydrogens is 218 g/mol. The molecule has 0 bridgehead atoms. The lowest BCUT2D eigenvalue weighted by molar-refractivity contribution is -0.141. The van der Waals surface area contributed by atoms with Crippen molar-refractivity contribution in [3.63, 3.8) is 0 Å². The molecule has 0 aromatic heterocycles. The lowest BCUT2D eigenvalue weighted by Gasteiger charge is -2.18. The van der Waals surface area contributed by atoms with E-state index in [0.29, 0.717) is 6.54 Å². The van der Waals surface area contributed by atoms with Gasteiger partial charge in [0.15, 0.2) is 0 Å². The summed E-state index contributed by atoms with van der Waals surface area (Å²) >= 11 is 0. The van der Waals surface area contributed by atoms with Crippen molar-refractivity contribution in [3.05, 3.63) is 12.2 Å². The fraction of sp³-hybridized carbons (Fsp3) is 0.692. The SMILES string of the molecule is O=C1[C@H]2CC=CC[C@@H]2C(=O)N1C[C@@H]1CCCO1. The van der Waals surface area contributed by atoms with Crippen LogP contribution in [-0.2, 0) is 14.3 Å². The van der Waals surface area contributed by atoms with Gasteiger partial charge in [-0.25, -0.2) is 0 Å². The molecule has 3 atom stereocenters. The van der Waals surface area contributed by atoms with Gasteiger partial charge in [-0.15, -0.1) is 0 Å². The molecule has 0 saturated carbocycles. The topological polar surface area (TPSA) is 46.6 Å². The molecule has 4 nitrogen and oxygen atoms in total. The van der Waals surface area contributed by atoms with Crippen LogP contribution in [0.2, 0.25) is 0 Å². The van der Waals surface area contributed by atoms with Crippen molar-refractivity contribution in [1.29, 1.82) is 0 Å². The Bertz CT molecular complexity index is 345. The lowest BCUT2D eigenvalue weighted by Crippen LogP contribution is -2.37. The third-order valence-electron chi connectivity index (χ3n) is 4.01. The average molecular weight is 235 g/mol. The Balaban J connectivity index is 1.73. The zero-order chi connectivity index (χ0) is 11.8. The number of likely N-dealkylation sites (tertiary alicyclic amines) is 1. The number of imide groups is 1. The van der Waals surface area contributed by atoms with E-state index in [-0.39, 0.29) is 29.8 Å². The van der Waals surface area contributed by atoms with E-state index in [1.807, 2.05) is 12.2 Å². The van der Waals surface area contributed by atoms with Gasteiger partial charge in [0.05, 0.1) is 24.5 Å². The Hall–Kier alpha value is -1.16. The van der Waals surface area contributed by atoms with E-state index in [2.05, 4.69) is 0 Å². The molecule has 17 heavy (non-hydrogen) atoms. The smallest absolute Gasteiger partial charge is 0.233 e. The summed E-state index contributed by atoms with van der Waals surface area (Å²) in [6.07, 6.45) is 7.54. The first-order valence-corrected chi connectivity index (χ1v) is 6.39. The third kappa shape index (κ3) is 1.80. The molecule has 0 N–H and O–H groups in total. The van der Waals surface area contributed by atoms with Crippen LogP contribution in [0.15, 0.2) is 12.2 Å². The monoisotopic (exact) mass is 235 g/mol. The van der Waals surface area contributed by atoms with E-state index in [1.165, 1.54) is 4.90 Å². The van der Waals surface area contributed by atoms with Crippen LogP contribution < -0.4 is 0 Å². The van der Waals surface area contributed by atoms with Gasteiger partial charge in [-0.05, 0) is 25.7 Å². The van der Waals surface area contributed by atoms with Gasteiger partial charge in [-0.1, -0.05) is 12.2 Å². The fourth-order valence-electron chi connectivity index (χ4n) is 3.04. The summed E-state index contributed by atoms with van der Waals surface area (Å²) in [5.74, 6) is -0.178. The lowest BCUT2D eigenvalue weighted by atomic mass is 9.85. The van der Waals surface area contributed by atoms with Gasteiger partial charge in [0.1, 0.15) is 0 Å². The van der Waals surface area contributed by atoms with Gasteiger partial charge in [0.25, 0.3) is 0 Å². The maximum atomic E-state index is 12.2. The third-order valence-corrected chi connectivity index (χ3v) is 4.01. The van der Waals surface area contributed by atoms with Crippen molar-refractivity contribution in [2.24, 2.45) is 11.8 Å². The normalized spacial score (nSPS) is 36.7. The van der Waals surface area contributed by atoms with Crippen molar-refractivity contribution in [3.8, 4) is 0 Å². The maximum Gasteiger partial charge on any atom is 0.233 e. The van der Waals surface area contributed by atoms with Gasteiger partial charge in [-0.3, -0.25) is 14.5 Å². The van der Waals surface area contributed by atoms with E-state index in [4.69, 9.17) is 4.74 Å². The number of hydrogen-bond acceptors (Lipinski definition) is 3. The predicted molar refractivity (Wildman–Crippen MR) is 61.0 cm³/mol. The summed E-state index contributed by atoms with van der Waals surface area (Å²) in [4.78, 5) is 25.7. The molecule has 3 rings (SSSR count). The number of fused-ring (bicyclic) bond motifs is 1.